The molecule has 1 N–H and O–H groups in total. The molecule has 1 aromatic heterocycles. The van der Waals surface area contributed by atoms with Gasteiger partial charge in [-0.25, -0.2) is 4.98 Å². The lowest BCUT2D eigenvalue weighted by atomic mass is 10.1. The average molecular weight is 326 g/mol. The number of hydrogen-bond donors (Lipinski definition) is 1. The highest BCUT2D eigenvalue weighted by Gasteiger charge is 2.14. The van der Waals surface area contributed by atoms with Crippen molar-refractivity contribution in [1.82, 2.24) is 9.97 Å². The number of ether oxygens (including phenoxy) is 1. The average Bonchev–Trinajstić information content (AvgIpc) is 3.15. The highest BCUT2D eigenvalue weighted by atomic mass is 16.5. The van der Waals surface area contributed by atoms with Crippen molar-refractivity contribution in [2.24, 2.45) is 0 Å². The summed E-state index contributed by atoms with van der Waals surface area (Å²) in [5.74, 6) is 1.68. The minimum atomic E-state index is 0.835. The maximum absolute atomic E-state index is 5.24. The Morgan fingerprint density at radius 2 is 1.28 bits per heavy atom. The van der Waals surface area contributed by atoms with Gasteiger partial charge in [0.05, 0.1) is 18.5 Å². The van der Waals surface area contributed by atoms with E-state index in [2.05, 4.69) is 29.2 Å². The Hall–Kier alpha value is -3.33. The fourth-order valence-corrected chi connectivity index (χ4v) is 2.88. The number of methoxy groups -OCH3 is 1. The van der Waals surface area contributed by atoms with Gasteiger partial charge in [-0.15, -0.1) is 0 Å². The van der Waals surface area contributed by atoms with Crippen LogP contribution in [0.1, 0.15) is 0 Å². The second kappa shape index (κ2) is 6.65. The summed E-state index contributed by atoms with van der Waals surface area (Å²) in [4.78, 5) is 8.38. The zero-order valence-corrected chi connectivity index (χ0v) is 13.9. The molecule has 0 atom stereocenters. The Bertz CT molecular complexity index is 901. The number of nitrogens with zero attached hydrogens (tertiary/aromatic N) is 1. The van der Waals surface area contributed by atoms with Crippen molar-refractivity contribution in [3.05, 3.63) is 84.9 Å². The van der Waals surface area contributed by atoms with Gasteiger partial charge in [-0.2, -0.15) is 0 Å². The second-order valence-corrected chi connectivity index (χ2v) is 5.77. The first kappa shape index (κ1) is 15.2. The van der Waals surface area contributed by atoms with E-state index < -0.39 is 0 Å². The molecule has 0 spiro atoms. The Morgan fingerprint density at radius 3 is 1.88 bits per heavy atom. The molecule has 122 valence electrons. The minimum absolute atomic E-state index is 0.835. The van der Waals surface area contributed by atoms with Gasteiger partial charge < -0.3 is 9.72 Å². The van der Waals surface area contributed by atoms with Crippen molar-refractivity contribution in [3.63, 3.8) is 0 Å². The zero-order valence-electron chi connectivity index (χ0n) is 13.9. The summed E-state index contributed by atoms with van der Waals surface area (Å²) in [6, 6.07) is 28.5. The number of aromatic amines is 1. The van der Waals surface area contributed by atoms with Gasteiger partial charge in [0.1, 0.15) is 11.6 Å². The molecule has 25 heavy (non-hydrogen) atoms. The third kappa shape index (κ3) is 3.04. The summed E-state index contributed by atoms with van der Waals surface area (Å²) >= 11 is 0. The molecule has 0 aliphatic heterocycles. The van der Waals surface area contributed by atoms with Crippen LogP contribution in [-0.2, 0) is 0 Å². The predicted octanol–water partition coefficient (Wildman–Crippen LogP) is 5.42. The van der Waals surface area contributed by atoms with Crippen molar-refractivity contribution in [2.45, 2.75) is 0 Å². The maximum atomic E-state index is 5.24. The van der Waals surface area contributed by atoms with Crippen LogP contribution in [0.2, 0.25) is 0 Å². The van der Waals surface area contributed by atoms with Gasteiger partial charge in [0.15, 0.2) is 0 Å². The van der Waals surface area contributed by atoms with E-state index in [1.54, 1.807) is 7.11 Å². The molecule has 0 amide bonds. The number of nitrogens with one attached hydrogen (secondary N) is 1. The topological polar surface area (TPSA) is 37.9 Å². The van der Waals surface area contributed by atoms with E-state index in [1.807, 2.05) is 60.7 Å². The Morgan fingerprint density at radius 1 is 0.680 bits per heavy atom. The van der Waals surface area contributed by atoms with E-state index in [1.165, 1.54) is 0 Å². The summed E-state index contributed by atoms with van der Waals surface area (Å²) in [6.45, 7) is 0. The largest absolute Gasteiger partial charge is 0.497 e. The molecule has 0 unspecified atom stereocenters. The number of rotatable bonds is 4. The van der Waals surface area contributed by atoms with E-state index in [-0.39, 0.29) is 0 Å². The van der Waals surface area contributed by atoms with Crippen molar-refractivity contribution >= 4 is 0 Å². The normalized spacial score (nSPS) is 10.6. The van der Waals surface area contributed by atoms with Crippen LogP contribution in [0, 0.1) is 0 Å². The molecule has 0 fully saturated rings. The molecule has 0 radical (unpaired) electrons. The third-order valence-corrected chi connectivity index (χ3v) is 4.18. The maximum Gasteiger partial charge on any atom is 0.138 e. The Balaban J connectivity index is 1.86. The van der Waals surface area contributed by atoms with Gasteiger partial charge in [0.2, 0.25) is 0 Å². The van der Waals surface area contributed by atoms with E-state index >= 15 is 0 Å². The molecule has 3 heteroatoms. The zero-order chi connectivity index (χ0) is 17.1. The lowest BCUT2D eigenvalue weighted by Gasteiger charge is -2.02. The second-order valence-electron chi connectivity index (χ2n) is 5.77. The first-order valence-electron chi connectivity index (χ1n) is 8.20. The van der Waals surface area contributed by atoms with Crippen LogP contribution in [0.15, 0.2) is 84.9 Å². The monoisotopic (exact) mass is 326 g/mol. The molecule has 1 heterocycles. The van der Waals surface area contributed by atoms with E-state index in [9.17, 15) is 0 Å². The smallest absolute Gasteiger partial charge is 0.138 e. The molecular weight excluding hydrogens is 308 g/mol. The molecule has 0 bridgehead atoms. The fourth-order valence-electron chi connectivity index (χ4n) is 2.88. The highest BCUT2D eigenvalue weighted by Crippen LogP contribution is 2.33. The van der Waals surface area contributed by atoms with Crippen LogP contribution in [0.5, 0.6) is 5.75 Å². The summed E-state index contributed by atoms with van der Waals surface area (Å²) in [5, 5.41) is 0. The van der Waals surface area contributed by atoms with E-state index in [4.69, 9.17) is 9.72 Å². The Kier molecular flexibility index (Phi) is 4.05. The summed E-state index contributed by atoms with van der Waals surface area (Å²) in [6.07, 6.45) is 0. The van der Waals surface area contributed by atoms with Gasteiger partial charge in [0.25, 0.3) is 0 Å². The number of aromatic nitrogens is 2. The van der Waals surface area contributed by atoms with Crippen LogP contribution in [0.3, 0.4) is 0 Å². The van der Waals surface area contributed by atoms with Crippen molar-refractivity contribution in [1.29, 1.82) is 0 Å². The lowest BCUT2D eigenvalue weighted by molar-refractivity contribution is 0.415. The summed E-state index contributed by atoms with van der Waals surface area (Å²) < 4.78 is 5.24. The molecule has 0 aliphatic carbocycles. The molecule has 0 aliphatic rings. The molecular formula is C22H18N2O. The van der Waals surface area contributed by atoms with Crippen LogP contribution >= 0.6 is 0 Å². The van der Waals surface area contributed by atoms with Gasteiger partial charge in [-0.05, 0) is 24.3 Å². The number of imidazole rings is 1. The SMILES string of the molecule is COc1ccc(-c2nc(-c3ccccc3)c(-c3ccccc3)[nH]2)cc1. The molecule has 0 saturated heterocycles. The summed E-state index contributed by atoms with van der Waals surface area (Å²) in [5.41, 5.74) is 5.22. The molecule has 3 nitrogen and oxygen atoms in total. The van der Waals surface area contributed by atoms with E-state index in [0.717, 1.165) is 39.7 Å². The number of H-pyrrole nitrogens is 1. The minimum Gasteiger partial charge on any atom is -0.497 e. The van der Waals surface area contributed by atoms with Gasteiger partial charge >= 0.3 is 0 Å². The van der Waals surface area contributed by atoms with Crippen LogP contribution in [0.4, 0.5) is 0 Å². The lowest BCUT2D eigenvalue weighted by Crippen LogP contribution is -1.84. The van der Waals surface area contributed by atoms with E-state index in [0.29, 0.717) is 0 Å². The summed E-state index contributed by atoms with van der Waals surface area (Å²) in [7, 11) is 1.67. The molecule has 4 rings (SSSR count). The Labute approximate surface area is 147 Å². The number of benzene rings is 3. The third-order valence-electron chi connectivity index (χ3n) is 4.18. The van der Waals surface area contributed by atoms with Crippen LogP contribution in [-0.4, -0.2) is 17.1 Å². The number of hydrogen-bond acceptors (Lipinski definition) is 2. The fraction of sp³-hybridized carbons (Fsp3) is 0.0455. The molecule has 0 saturated carbocycles. The van der Waals surface area contributed by atoms with Crippen LogP contribution < -0.4 is 4.74 Å². The molecule has 3 aromatic carbocycles. The standard InChI is InChI=1S/C22H18N2O/c1-25-19-14-12-18(13-15-19)22-23-20(16-8-4-2-5-9-16)21(24-22)17-10-6-3-7-11-17/h2-15H,1H3,(H,23,24). The first-order valence-corrected chi connectivity index (χ1v) is 8.20. The van der Waals surface area contributed by atoms with Crippen molar-refractivity contribution in [2.75, 3.05) is 7.11 Å². The highest BCUT2D eigenvalue weighted by molar-refractivity contribution is 5.81. The van der Waals surface area contributed by atoms with Gasteiger partial charge in [-0.1, -0.05) is 60.7 Å². The van der Waals surface area contributed by atoms with Crippen molar-refractivity contribution in [3.8, 4) is 39.7 Å². The van der Waals surface area contributed by atoms with Crippen molar-refractivity contribution < 1.29 is 4.74 Å². The molecule has 4 aromatic rings. The predicted molar refractivity (Wildman–Crippen MR) is 101 cm³/mol. The first-order chi connectivity index (χ1) is 12.3. The van der Waals surface area contributed by atoms with Crippen LogP contribution in [0.25, 0.3) is 33.9 Å². The van der Waals surface area contributed by atoms with Gasteiger partial charge in [-0.3, -0.25) is 0 Å². The quantitative estimate of drug-likeness (QED) is 0.544. The van der Waals surface area contributed by atoms with Gasteiger partial charge in [0, 0.05) is 16.7 Å².